The highest BCUT2D eigenvalue weighted by molar-refractivity contribution is 4.79. The first-order chi connectivity index (χ1) is 7.81. The van der Waals surface area contributed by atoms with Crippen LogP contribution in [0.25, 0.3) is 0 Å². The highest BCUT2D eigenvalue weighted by Gasteiger charge is 2.23. The molecule has 3 heteroatoms. The zero-order valence-corrected chi connectivity index (χ0v) is 11.2. The van der Waals surface area contributed by atoms with Gasteiger partial charge in [0.1, 0.15) is 0 Å². The van der Waals surface area contributed by atoms with E-state index in [1.807, 2.05) is 0 Å². The van der Waals surface area contributed by atoms with E-state index in [9.17, 15) is 0 Å². The Balaban J connectivity index is 2.33. The number of likely N-dealkylation sites (tertiary alicyclic amines) is 1. The predicted octanol–water partition coefficient (Wildman–Crippen LogP) is 1.73. The fraction of sp³-hybridized carbons (Fsp3) is 1.00. The third-order valence-electron chi connectivity index (χ3n) is 3.73. The molecule has 0 aromatic carbocycles. The smallest absolute Gasteiger partial charge is 0.0630 e. The molecule has 1 saturated heterocycles. The van der Waals surface area contributed by atoms with Gasteiger partial charge in [0, 0.05) is 19.7 Å². The number of hydrogen-bond acceptors (Lipinski definition) is 3. The molecule has 1 N–H and O–H groups in total. The number of rotatable bonds is 7. The molecular weight excluding hydrogens is 200 g/mol. The van der Waals surface area contributed by atoms with Gasteiger partial charge in [0.25, 0.3) is 0 Å². The van der Waals surface area contributed by atoms with Gasteiger partial charge in [-0.25, -0.2) is 0 Å². The van der Waals surface area contributed by atoms with Gasteiger partial charge >= 0.3 is 0 Å². The number of nitrogens with one attached hydrogen (secondary N) is 1. The first-order valence-corrected chi connectivity index (χ1v) is 6.75. The van der Waals surface area contributed by atoms with Gasteiger partial charge in [0.2, 0.25) is 0 Å². The van der Waals surface area contributed by atoms with Crippen molar-refractivity contribution in [3.05, 3.63) is 0 Å². The van der Waals surface area contributed by atoms with Gasteiger partial charge in [-0.2, -0.15) is 0 Å². The van der Waals surface area contributed by atoms with Crippen molar-refractivity contribution in [1.82, 2.24) is 10.2 Å². The van der Waals surface area contributed by atoms with Gasteiger partial charge in [0.15, 0.2) is 0 Å². The maximum atomic E-state index is 5.33. The number of piperidine rings is 1. The van der Waals surface area contributed by atoms with E-state index in [1.165, 1.54) is 32.4 Å². The second-order valence-electron chi connectivity index (χ2n) is 4.80. The maximum Gasteiger partial charge on any atom is 0.0630 e. The lowest BCUT2D eigenvalue weighted by Crippen LogP contribution is -2.48. The van der Waals surface area contributed by atoms with Crippen molar-refractivity contribution in [3.8, 4) is 0 Å². The van der Waals surface area contributed by atoms with Gasteiger partial charge in [-0.1, -0.05) is 20.3 Å². The van der Waals surface area contributed by atoms with Crippen LogP contribution in [-0.4, -0.2) is 50.8 Å². The van der Waals surface area contributed by atoms with Gasteiger partial charge in [-0.05, 0) is 38.4 Å². The Hall–Kier alpha value is -0.120. The molecule has 0 saturated carbocycles. The molecule has 16 heavy (non-hydrogen) atoms. The third-order valence-corrected chi connectivity index (χ3v) is 3.73. The Bertz CT molecular complexity index is 167. The Labute approximate surface area is 101 Å². The van der Waals surface area contributed by atoms with E-state index in [0.717, 1.165) is 25.6 Å². The monoisotopic (exact) mass is 228 g/mol. The van der Waals surface area contributed by atoms with Crippen molar-refractivity contribution in [1.29, 1.82) is 0 Å². The van der Waals surface area contributed by atoms with Crippen molar-refractivity contribution in [2.75, 3.05) is 39.9 Å². The molecule has 0 aliphatic carbocycles. The average Bonchev–Trinajstić information content (AvgIpc) is 2.35. The van der Waals surface area contributed by atoms with Crippen molar-refractivity contribution in [2.24, 2.45) is 5.92 Å². The Morgan fingerprint density at radius 2 is 2.00 bits per heavy atom. The van der Waals surface area contributed by atoms with Crippen LogP contribution in [0, 0.1) is 5.92 Å². The van der Waals surface area contributed by atoms with Gasteiger partial charge in [-0.3, -0.25) is 4.90 Å². The molecule has 0 spiro atoms. The molecule has 0 amide bonds. The van der Waals surface area contributed by atoms with E-state index in [-0.39, 0.29) is 0 Å². The van der Waals surface area contributed by atoms with Crippen LogP contribution in [0.1, 0.15) is 33.1 Å². The summed E-state index contributed by atoms with van der Waals surface area (Å²) in [5.74, 6) is 0.957. The van der Waals surface area contributed by atoms with Crippen molar-refractivity contribution < 1.29 is 4.74 Å². The first-order valence-electron chi connectivity index (χ1n) is 6.75. The number of nitrogens with zero attached hydrogens (tertiary/aromatic N) is 1. The maximum absolute atomic E-state index is 5.33. The SMILES string of the molecule is CCNCC(COC)N1CCC(CC)CC1. The molecule has 96 valence electrons. The van der Waals surface area contributed by atoms with Crippen LogP contribution in [0.15, 0.2) is 0 Å². The quantitative estimate of drug-likeness (QED) is 0.718. The van der Waals surface area contributed by atoms with Gasteiger partial charge < -0.3 is 10.1 Å². The fourth-order valence-corrected chi connectivity index (χ4v) is 2.52. The second kappa shape index (κ2) is 8.04. The zero-order valence-electron chi connectivity index (χ0n) is 11.2. The van der Waals surface area contributed by atoms with Crippen molar-refractivity contribution in [2.45, 2.75) is 39.2 Å². The Kier molecular flexibility index (Phi) is 7.01. The number of ether oxygens (including phenoxy) is 1. The molecule has 0 aromatic rings. The topological polar surface area (TPSA) is 24.5 Å². The van der Waals surface area contributed by atoms with Gasteiger partial charge in [0.05, 0.1) is 6.61 Å². The summed E-state index contributed by atoms with van der Waals surface area (Å²) in [4.78, 5) is 2.60. The largest absolute Gasteiger partial charge is 0.383 e. The molecule has 1 aliphatic heterocycles. The normalized spacial score (nSPS) is 21.2. The molecule has 1 fully saturated rings. The second-order valence-corrected chi connectivity index (χ2v) is 4.80. The summed E-state index contributed by atoms with van der Waals surface area (Å²) in [6.45, 7) is 9.92. The summed E-state index contributed by atoms with van der Waals surface area (Å²) in [6, 6.07) is 0.558. The minimum atomic E-state index is 0.558. The summed E-state index contributed by atoms with van der Waals surface area (Å²) in [7, 11) is 1.80. The summed E-state index contributed by atoms with van der Waals surface area (Å²) >= 11 is 0. The number of hydrogen-bond donors (Lipinski definition) is 1. The van der Waals surface area contributed by atoms with Crippen molar-refractivity contribution in [3.63, 3.8) is 0 Å². The van der Waals surface area contributed by atoms with Gasteiger partial charge in [-0.15, -0.1) is 0 Å². The van der Waals surface area contributed by atoms with Crippen LogP contribution < -0.4 is 5.32 Å². The lowest BCUT2D eigenvalue weighted by Gasteiger charge is -2.37. The lowest BCUT2D eigenvalue weighted by molar-refractivity contribution is 0.0642. The third kappa shape index (κ3) is 4.40. The standard InChI is InChI=1S/C13H28N2O/c1-4-12-6-8-15(9-7-12)13(11-16-3)10-14-5-2/h12-14H,4-11H2,1-3H3. The minimum Gasteiger partial charge on any atom is -0.383 e. The molecule has 3 nitrogen and oxygen atoms in total. The molecule has 1 aliphatic rings. The van der Waals surface area contributed by atoms with Crippen LogP contribution in [-0.2, 0) is 4.74 Å². The highest BCUT2D eigenvalue weighted by Crippen LogP contribution is 2.21. The molecule has 1 heterocycles. The van der Waals surface area contributed by atoms with E-state index in [4.69, 9.17) is 4.74 Å². The number of methoxy groups -OCH3 is 1. The Morgan fingerprint density at radius 3 is 2.50 bits per heavy atom. The molecule has 1 atom stereocenters. The number of likely N-dealkylation sites (N-methyl/N-ethyl adjacent to an activating group) is 1. The molecular formula is C13H28N2O. The van der Waals surface area contributed by atoms with E-state index >= 15 is 0 Å². The van der Waals surface area contributed by atoms with Crippen LogP contribution >= 0.6 is 0 Å². The summed E-state index contributed by atoms with van der Waals surface area (Å²) < 4.78 is 5.33. The summed E-state index contributed by atoms with van der Waals surface area (Å²) in [5.41, 5.74) is 0. The molecule has 1 rings (SSSR count). The van der Waals surface area contributed by atoms with E-state index in [1.54, 1.807) is 7.11 Å². The molecule has 0 aromatic heterocycles. The first kappa shape index (κ1) is 13.9. The van der Waals surface area contributed by atoms with E-state index < -0.39 is 0 Å². The minimum absolute atomic E-state index is 0.558. The molecule has 0 bridgehead atoms. The molecule has 1 unspecified atom stereocenters. The predicted molar refractivity (Wildman–Crippen MR) is 68.8 cm³/mol. The van der Waals surface area contributed by atoms with Crippen molar-refractivity contribution >= 4 is 0 Å². The molecule has 0 radical (unpaired) electrons. The summed E-state index contributed by atoms with van der Waals surface area (Å²) in [6.07, 6.45) is 4.07. The van der Waals surface area contributed by atoms with Crippen LogP contribution in [0.5, 0.6) is 0 Å². The van der Waals surface area contributed by atoms with E-state index in [0.29, 0.717) is 6.04 Å². The van der Waals surface area contributed by atoms with E-state index in [2.05, 4.69) is 24.1 Å². The lowest BCUT2D eigenvalue weighted by atomic mass is 9.93. The van der Waals surface area contributed by atoms with Crippen LogP contribution in [0.3, 0.4) is 0 Å². The zero-order chi connectivity index (χ0) is 11.8. The van der Waals surface area contributed by atoms with Crippen LogP contribution in [0.4, 0.5) is 0 Å². The fourth-order valence-electron chi connectivity index (χ4n) is 2.52. The summed E-state index contributed by atoms with van der Waals surface area (Å²) in [5, 5.41) is 3.43. The van der Waals surface area contributed by atoms with Crippen LogP contribution in [0.2, 0.25) is 0 Å². The highest BCUT2D eigenvalue weighted by atomic mass is 16.5. The Morgan fingerprint density at radius 1 is 1.31 bits per heavy atom. The average molecular weight is 228 g/mol.